The second-order valence-electron chi connectivity index (χ2n) is 6.05. The molecule has 1 aliphatic rings. The van der Waals surface area contributed by atoms with Crippen molar-refractivity contribution in [1.29, 1.82) is 0 Å². The molecule has 0 radical (unpaired) electrons. The lowest BCUT2D eigenvalue weighted by Crippen LogP contribution is -2.30. The Morgan fingerprint density at radius 3 is 3.04 bits per heavy atom. The number of carbonyl (C=O) groups excluding carboxylic acids is 1. The number of hydrogen-bond donors (Lipinski definition) is 0. The van der Waals surface area contributed by atoms with Gasteiger partial charge in [-0.05, 0) is 55.1 Å². The van der Waals surface area contributed by atoms with Gasteiger partial charge in [0.25, 0.3) is 5.91 Å². The van der Waals surface area contributed by atoms with Gasteiger partial charge in [-0.1, -0.05) is 0 Å². The highest BCUT2D eigenvalue weighted by Crippen LogP contribution is 2.34. The van der Waals surface area contributed by atoms with E-state index in [-0.39, 0.29) is 11.9 Å². The maximum absolute atomic E-state index is 13.1. The van der Waals surface area contributed by atoms with Crippen LogP contribution in [0.4, 0.5) is 0 Å². The largest absolute Gasteiger partial charge is 0.331 e. The average Bonchev–Trinajstić information content (AvgIpc) is 3.25. The molecule has 1 saturated heterocycles. The lowest BCUT2D eigenvalue weighted by molar-refractivity contribution is 0.0737. The minimum atomic E-state index is 0.0335. The van der Waals surface area contributed by atoms with Crippen molar-refractivity contribution in [2.24, 2.45) is 0 Å². The van der Waals surface area contributed by atoms with Crippen molar-refractivity contribution in [3.05, 3.63) is 51.6 Å². The van der Waals surface area contributed by atoms with Crippen LogP contribution in [0, 0.1) is 13.8 Å². The topological polar surface area (TPSA) is 50.5 Å². The van der Waals surface area contributed by atoms with E-state index in [2.05, 4.69) is 26.9 Å². The Balaban J connectivity index is 1.74. The zero-order chi connectivity index (χ0) is 16.0. The molecule has 118 valence electrons. The van der Waals surface area contributed by atoms with Gasteiger partial charge in [0.05, 0.1) is 12.2 Å². The second kappa shape index (κ2) is 5.45. The van der Waals surface area contributed by atoms with Crippen LogP contribution in [0.1, 0.15) is 46.2 Å². The number of rotatable bonds is 2. The van der Waals surface area contributed by atoms with Gasteiger partial charge in [-0.2, -0.15) is 16.4 Å². The first kappa shape index (κ1) is 14.4. The Morgan fingerprint density at radius 1 is 1.39 bits per heavy atom. The molecule has 1 atom stereocenters. The standard InChI is InChI=1S/C17H18N4OS/c1-11-8-12(2)21-16(19-11)14(9-18-21)17(22)20-6-3-4-15(20)13-5-7-23-10-13/h5,7-10,15H,3-4,6H2,1-2H3/t15-/m0/s1. The Morgan fingerprint density at radius 2 is 2.26 bits per heavy atom. The van der Waals surface area contributed by atoms with Crippen LogP contribution in [0.15, 0.2) is 29.1 Å². The van der Waals surface area contributed by atoms with Crippen molar-refractivity contribution >= 4 is 22.9 Å². The molecule has 3 aromatic heterocycles. The zero-order valence-corrected chi connectivity index (χ0v) is 14.0. The predicted octanol–water partition coefficient (Wildman–Crippen LogP) is 3.38. The van der Waals surface area contributed by atoms with E-state index in [4.69, 9.17) is 0 Å². The molecular formula is C17H18N4OS. The van der Waals surface area contributed by atoms with Crippen molar-refractivity contribution in [2.75, 3.05) is 6.54 Å². The lowest BCUT2D eigenvalue weighted by Gasteiger charge is -2.23. The zero-order valence-electron chi connectivity index (χ0n) is 13.2. The predicted molar refractivity (Wildman–Crippen MR) is 89.8 cm³/mol. The van der Waals surface area contributed by atoms with Crippen LogP contribution < -0.4 is 0 Å². The summed E-state index contributed by atoms with van der Waals surface area (Å²) in [6, 6.07) is 4.26. The molecule has 3 aromatic rings. The first-order valence-electron chi connectivity index (χ1n) is 7.80. The average molecular weight is 326 g/mol. The molecule has 0 aliphatic carbocycles. The Kier molecular flexibility index (Phi) is 3.41. The molecule has 4 rings (SSSR count). The van der Waals surface area contributed by atoms with Gasteiger partial charge in [-0.3, -0.25) is 4.79 Å². The van der Waals surface area contributed by atoms with Crippen molar-refractivity contribution in [1.82, 2.24) is 19.5 Å². The number of fused-ring (bicyclic) bond motifs is 1. The van der Waals surface area contributed by atoms with E-state index in [9.17, 15) is 4.79 Å². The highest BCUT2D eigenvalue weighted by molar-refractivity contribution is 7.08. The summed E-state index contributed by atoms with van der Waals surface area (Å²) in [6.07, 6.45) is 3.71. The first-order valence-corrected chi connectivity index (χ1v) is 8.74. The van der Waals surface area contributed by atoms with Gasteiger partial charge in [0.15, 0.2) is 5.65 Å². The van der Waals surface area contributed by atoms with Gasteiger partial charge in [0.2, 0.25) is 0 Å². The number of amides is 1. The van der Waals surface area contributed by atoms with Gasteiger partial charge in [0, 0.05) is 17.9 Å². The number of nitrogens with zero attached hydrogens (tertiary/aromatic N) is 4. The van der Waals surface area contributed by atoms with Gasteiger partial charge in [-0.25, -0.2) is 9.50 Å². The molecule has 1 amide bonds. The Labute approximate surface area is 138 Å². The molecule has 1 fully saturated rings. The van der Waals surface area contributed by atoms with Gasteiger partial charge < -0.3 is 4.90 Å². The third-order valence-electron chi connectivity index (χ3n) is 4.45. The highest BCUT2D eigenvalue weighted by Gasteiger charge is 2.32. The molecular weight excluding hydrogens is 308 g/mol. The molecule has 0 bridgehead atoms. The van der Waals surface area contributed by atoms with Crippen molar-refractivity contribution in [2.45, 2.75) is 32.7 Å². The summed E-state index contributed by atoms with van der Waals surface area (Å²) >= 11 is 1.68. The monoisotopic (exact) mass is 326 g/mol. The molecule has 6 heteroatoms. The Bertz CT molecular complexity index is 868. The summed E-state index contributed by atoms with van der Waals surface area (Å²) in [5, 5.41) is 8.56. The number of aromatic nitrogens is 3. The van der Waals surface area contributed by atoms with Crippen LogP contribution >= 0.6 is 11.3 Å². The van der Waals surface area contributed by atoms with Crippen LogP contribution in [0.5, 0.6) is 0 Å². The van der Waals surface area contributed by atoms with Crippen LogP contribution in [-0.2, 0) is 0 Å². The van der Waals surface area contributed by atoms with E-state index in [1.54, 1.807) is 22.0 Å². The van der Waals surface area contributed by atoms with E-state index in [0.717, 1.165) is 30.8 Å². The van der Waals surface area contributed by atoms with E-state index < -0.39 is 0 Å². The van der Waals surface area contributed by atoms with E-state index in [1.165, 1.54) is 5.56 Å². The quantitative estimate of drug-likeness (QED) is 0.725. The van der Waals surface area contributed by atoms with Crippen LogP contribution in [0.2, 0.25) is 0 Å². The first-order chi connectivity index (χ1) is 11.1. The smallest absolute Gasteiger partial charge is 0.259 e. The maximum atomic E-state index is 13.1. The number of carbonyl (C=O) groups is 1. The molecule has 0 saturated carbocycles. The van der Waals surface area contributed by atoms with Crippen LogP contribution in [-0.4, -0.2) is 31.9 Å². The summed E-state index contributed by atoms with van der Waals surface area (Å²) in [5.74, 6) is 0.0335. The minimum absolute atomic E-state index is 0.0335. The fourth-order valence-electron chi connectivity index (χ4n) is 3.40. The molecule has 0 spiro atoms. The molecule has 0 unspecified atom stereocenters. The number of likely N-dealkylation sites (tertiary alicyclic amines) is 1. The van der Waals surface area contributed by atoms with Crippen LogP contribution in [0.25, 0.3) is 5.65 Å². The van der Waals surface area contributed by atoms with E-state index >= 15 is 0 Å². The third kappa shape index (κ3) is 2.34. The fourth-order valence-corrected chi connectivity index (χ4v) is 4.10. The van der Waals surface area contributed by atoms with Gasteiger partial charge in [0.1, 0.15) is 5.56 Å². The summed E-state index contributed by atoms with van der Waals surface area (Å²) in [5.41, 5.74) is 4.38. The van der Waals surface area contributed by atoms with Crippen molar-refractivity contribution in [3.63, 3.8) is 0 Å². The van der Waals surface area contributed by atoms with E-state index in [1.807, 2.05) is 24.8 Å². The molecule has 23 heavy (non-hydrogen) atoms. The number of thiophene rings is 1. The molecule has 4 heterocycles. The van der Waals surface area contributed by atoms with Crippen molar-refractivity contribution in [3.8, 4) is 0 Å². The minimum Gasteiger partial charge on any atom is -0.331 e. The summed E-state index contributed by atoms with van der Waals surface area (Å²) in [4.78, 5) is 19.6. The third-order valence-corrected chi connectivity index (χ3v) is 5.15. The van der Waals surface area contributed by atoms with Gasteiger partial charge in [-0.15, -0.1) is 0 Å². The normalized spacial score (nSPS) is 18.0. The van der Waals surface area contributed by atoms with Gasteiger partial charge >= 0.3 is 0 Å². The SMILES string of the molecule is Cc1cc(C)n2ncc(C(=O)N3CCC[C@H]3c3ccsc3)c2n1. The fraction of sp³-hybridized carbons (Fsp3) is 0.353. The molecule has 1 aliphatic heterocycles. The second-order valence-corrected chi connectivity index (χ2v) is 6.83. The lowest BCUT2D eigenvalue weighted by atomic mass is 10.1. The Hall–Kier alpha value is -2.21. The molecule has 5 nitrogen and oxygen atoms in total. The summed E-state index contributed by atoms with van der Waals surface area (Å²) < 4.78 is 1.75. The summed E-state index contributed by atoms with van der Waals surface area (Å²) in [6.45, 7) is 4.71. The maximum Gasteiger partial charge on any atom is 0.259 e. The highest BCUT2D eigenvalue weighted by atomic mass is 32.1. The molecule has 0 aromatic carbocycles. The molecule has 0 N–H and O–H groups in total. The van der Waals surface area contributed by atoms with E-state index in [0.29, 0.717) is 11.2 Å². The number of hydrogen-bond acceptors (Lipinski definition) is 4. The van der Waals surface area contributed by atoms with Crippen molar-refractivity contribution < 1.29 is 4.79 Å². The van der Waals surface area contributed by atoms with Crippen LogP contribution in [0.3, 0.4) is 0 Å². The summed E-state index contributed by atoms with van der Waals surface area (Å²) in [7, 11) is 0. The number of aryl methyl sites for hydroxylation is 2.